The number of hydrogen-bond acceptors (Lipinski definition) is 0. The molecule has 0 aromatic rings. The summed E-state index contributed by atoms with van der Waals surface area (Å²) in [6, 6.07) is 0. The molecule has 0 aromatic heterocycles. The van der Waals surface area contributed by atoms with Gasteiger partial charge in [0, 0.05) is 0 Å². The summed E-state index contributed by atoms with van der Waals surface area (Å²) >= 11 is 0. The lowest BCUT2D eigenvalue weighted by Gasteiger charge is -2.38. The van der Waals surface area contributed by atoms with Gasteiger partial charge >= 0.3 is 0 Å². The summed E-state index contributed by atoms with van der Waals surface area (Å²) in [5.41, 5.74) is 0. The molecule has 2 atom stereocenters. The van der Waals surface area contributed by atoms with E-state index in [2.05, 4.69) is 36.9 Å². The second kappa shape index (κ2) is 12.2. The van der Waals surface area contributed by atoms with Gasteiger partial charge < -0.3 is 0 Å². The van der Waals surface area contributed by atoms with E-state index < -0.39 is 0 Å². The number of rotatable bonds is 13. The van der Waals surface area contributed by atoms with Crippen molar-refractivity contribution < 1.29 is 0 Å². The Balaban J connectivity index is 4.57. The molecular weight excluding hydrogens is 247 g/mol. The van der Waals surface area contributed by atoms with Crippen LogP contribution in [-0.2, 0) is 0 Å². The molecule has 0 aliphatic heterocycles. The third-order valence-electron chi connectivity index (χ3n) is 4.60. The average Bonchev–Trinajstić information content (AvgIpc) is 2.42. The molecule has 0 saturated carbocycles. The van der Waals surface area contributed by atoms with Crippen LogP contribution in [0, 0.1) is 5.92 Å². The topological polar surface area (TPSA) is 0 Å². The molecule has 0 nitrogen and oxygen atoms in total. The first-order valence-corrected chi connectivity index (χ1v) is 9.51. The molecule has 1 heteroatoms. The largest absolute Gasteiger partial charge is 0.131 e. The highest BCUT2D eigenvalue weighted by Crippen LogP contribution is 2.43. The van der Waals surface area contributed by atoms with Gasteiger partial charge in [0.15, 0.2) is 0 Å². The predicted molar refractivity (Wildman–Crippen MR) is 94.0 cm³/mol. The van der Waals surface area contributed by atoms with Crippen LogP contribution < -0.4 is 0 Å². The lowest BCUT2D eigenvalue weighted by Crippen LogP contribution is -2.31. The van der Waals surface area contributed by atoms with Gasteiger partial charge in [0.1, 0.15) is 0 Å². The molecular formula is C18H39P. The second-order valence-corrected chi connectivity index (χ2v) is 7.57. The minimum atomic E-state index is 0.537. The van der Waals surface area contributed by atoms with E-state index in [1.54, 1.807) is 0 Å². The van der Waals surface area contributed by atoms with Gasteiger partial charge in [0.2, 0.25) is 0 Å². The molecule has 0 aliphatic carbocycles. The Hall–Kier alpha value is 0.430. The normalized spacial score (nSPS) is 13.7. The maximum absolute atomic E-state index is 3.32. The van der Waals surface area contributed by atoms with Gasteiger partial charge in [-0.1, -0.05) is 79.1 Å². The Kier molecular flexibility index (Phi) is 12.5. The number of hydrogen-bond donors (Lipinski definition) is 0. The summed E-state index contributed by atoms with van der Waals surface area (Å²) in [5, 5.41) is 0.537. The molecule has 116 valence electrons. The van der Waals surface area contributed by atoms with Crippen molar-refractivity contribution in [2.24, 2.45) is 5.92 Å². The summed E-state index contributed by atoms with van der Waals surface area (Å²) < 4.78 is 0. The van der Waals surface area contributed by atoms with E-state index >= 15 is 0 Å². The Morgan fingerprint density at radius 2 is 1.21 bits per heavy atom. The van der Waals surface area contributed by atoms with Crippen LogP contribution in [0.5, 0.6) is 0 Å². The van der Waals surface area contributed by atoms with Crippen LogP contribution in [0.4, 0.5) is 0 Å². The smallest absolute Gasteiger partial charge is 0.0122 e. The van der Waals surface area contributed by atoms with Gasteiger partial charge in [-0.25, -0.2) is 0 Å². The van der Waals surface area contributed by atoms with Crippen LogP contribution in [-0.4, -0.2) is 5.16 Å². The zero-order valence-corrected chi connectivity index (χ0v) is 15.3. The van der Waals surface area contributed by atoms with Crippen molar-refractivity contribution in [2.75, 3.05) is 0 Å². The first kappa shape index (κ1) is 19.4. The molecule has 0 rings (SSSR count). The lowest BCUT2D eigenvalue weighted by atomic mass is 9.77. The van der Waals surface area contributed by atoms with Gasteiger partial charge in [-0.15, -0.1) is 9.24 Å². The monoisotopic (exact) mass is 286 g/mol. The van der Waals surface area contributed by atoms with Crippen molar-refractivity contribution in [3.05, 3.63) is 0 Å². The molecule has 0 amide bonds. The first-order chi connectivity index (χ1) is 9.14. The highest BCUT2D eigenvalue weighted by atomic mass is 31.0. The van der Waals surface area contributed by atoms with Gasteiger partial charge in [-0.05, 0) is 36.8 Å². The van der Waals surface area contributed by atoms with E-state index in [0.29, 0.717) is 5.16 Å². The van der Waals surface area contributed by atoms with Crippen molar-refractivity contribution in [2.45, 2.75) is 110 Å². The van der Waals surface area contributed by atoms with Crippen LogP contribution in [0.1, 0.15) is 105 Å². The molecule has 0 bridgehead atoms. The maximum Gasteiger partial charge on any atom is -0.0122 e. The summed E-state index contributed by atoms with van der Waals surface area (Å²) in [6.45, 7) is 9.34. The van der Waals surface area contributed by atoms with E-state index in [0.717, 1.165) is 5.92 Å². The van der Waals surface area contributed by atoms with Crippen molar-refractivity contribution in [3.8, 4) is 0 Å². The molecule has 0 N–H and O–H groups in total. The van der Waals surface area contributed by atoms with Crippen LogP contribution in [0.25, 0.3) is 0 Å². The van der Waals surface area contributed by atoms with E-state index in [-0.39, 0.29) is 0 Å². The fourth-order valence-electron chi connectivity index (χ4n) is 3.25. The first-order valence-electron chi connectivity index (χ1n) is 8.93. The Morgan fingerprint density at radius 1 is 0.684 bits per heavy atom. The Morgan fingerprint density at radius 3 is 1.63 bits per heavy atom. The van der Waals surface area contributed by atoms with Crippen molar-refractivity contribution in [1.82, 2.24) is 0 Å². The van der Waals surface area contributed by atoms with E-state index in [4.69, 9.17) is 0 Å². The van der Waals surface area contributed by atoms with Crippen molar-refractivity contribution in [1.29, 1.82) is 0 Å². The van der Waals surface area contributed by atoms with Crippen molar-refractivity contribution >= 4 is 9.24 Å². The molecule has 0 aromatic carbocycles. The van der Waals surface area contributed by atoms with E-state index in [1.807, 2.05) is 0 Å². The van der Waals surface area contributed by atoms with E-state index in [1.165, 1.54) is 77.0 Å². The fourth-order valence-corrected chi connectivity index (χ4v) is 4.00. The summed E-state index contributed by atoms with van der Waals surface area (Å²) in [7, 11) is 3.32. The number of unbranched alkanes of at least 4 members (excludes halogenated alkanes) is 4. The molecule has 0 saturated heterocycles. The summed E-state index contributed by atoms with van der Waals surface area (Å²) in [5.74, 6) is 0.937. The van der Waals surface area contributed by atoms with Crippen LogP contribution in [0.15, 0.2) is 0 Å². The molecule has 0 aliphatic rings. The lowest BCUT2D eigenvalue weighted by molar-refractivity contribution is 0.279. The highest BCUT2D eigenvalue weighted by molar-refractivity contribution is 7.19. The van der Waals surface area contributed by atoms with E-state index in [9.17, 15) is 0 Å². The zero-order valence-electron chi connectivity index (χ0n) is 14.1. The molecule has 0 heterocycles. The minimum Gasteiger partial charge on any atom is -0.131 e. The van der Waals surface area contributed by atoms with Crippen LogP contribution in [0.2, 0.25) is 0 Å². The van der Waals surface area contributed by atoms with Gasteiger partial charge in [0.05, 0.1) is 0 Å². The van der Waals surface area contributed by atoms with Crippen LogP contribution >= 0.6 is 9.24 Å². The summed E-state index contributed by atoms with van der Waals surface area (Å²) in [4.78, 5) is 0. The van der Waals surface area contributed by atoms with Gasteiger partial charge in [-0.3, -0.25) is 0 Å². The molecule has 0 spiro atoms. The predicted octanol–water partition coefficient (Wildman–Crippen LogP) is 6.98. The Bertz CT molecular complexity index is 180. The standard InChI is InChI=1S/C18H39P/c1-5-9-12-14-17(13-8-4)18(19,15-10-6-2)16-11-7-3/h17H,5-16,19H2,1-4H3. The highest BCUT2D eigenvalue weighted by Gasteiger charge is 2.32. The minimum absolute atomic E-state index is 0.537. The quantitative estimate of drug-likeness (QED) is 0.253. The Labute approximate surface area is 125 Å². The van der Waals surface area contributed by atoms with Crippen molar-refractivity contribution in [3.63, 3.8) is 0 Å². The summed E-state index contributed by atoms with van der Waals surface area (Å²) in [6.07, 6.45) is 16.8. The zero-order chi connectivity index (χ0) is 14.6. The van der Waals surface area contributed by atoms with Gasteiger partial charge in [0.25, 0.3) is 0 Å². The SMILES string of the molecule is CCCCCC(CCC)C(P)(CCCC)CCCC. The third-order valence-corrected chi connectivity index (χ3v) is 5.65. The molecule has 2 unspecified atom stereocenters. The van der Waals surface area contributed by atoms with Gasteiger partial charge in [-0.2, -0.15) is 0 Å². The maximum atomic E-state index is 3.32. The van der Waals surface area contributed by atoms with Crippen LogP contribution in [0.3, 0.4) is 0 Å². The second-order valence-electron chi connectivity index (χ2n) is 6.42. The third kappa shape index (κ3) is 8.34. The molecule has 19 heavy (non-hydrogen) atoms. The molecule has 0 radical (unpaired) electrons. The molecule has 0 fully saturated rings. The average molecular weight is 286 g/mol. The fraction of sp³-hybridized carbons (Fsp3) is 1.00.